The summed E-state index contributed by atoms with van der Waals surface area (Å²) in [6.07, 6.45) is 0. The summed E-state index contributed by atoms with van der Waals surface area (Å²) in [5.74, 6) is 0.606. The molecule has 0 radical (unpaired) electrons. The quantitative estimate of drug-likeness (QED) is 0.398. The lowest BCUT2D eigenvalue weighted by Gasteiger charge is -1.83. The molecule has 1 aliphatic rings. The van der Waals surface area contributed by atoms with E-state index in [1.807, 2.05) is 0 Å². The van der Waals surface area contributed by atoms with Gasteiger partial charge in [-0.05, 0) is 0 Å². The van der Waals surface area contributed by atoms with Crippen LogP contribution in [0.5, 0.6) is 0 Å². The van der Waals surface area contributed by atoms with E-state index >= 15 is 0 Å². The lowest BCUT2D eigenvalue weighted by Crippen LogP contribution is -1.86. The first-order chi connectivity index (χ1) is 2.89. The standard InChI is InChI=1S/C3H5NO2/c1-3-4-2-5-6-3/h2H2,1H3. The molecule has 34 valence electrons. The summed E-state index contributed by atoms with van der Waals surface area (Å²) >= 11 is 0. The highest BCUT2D eigenvalue weighted by molar-refractivity contribution is 5.72. The van der Waals surface area contributed by atoms with Gasteiger partial charge in [0.25, 0.3) is 0 Å². The Hall–Kier alpha value is -0.570. The minimum atomic E-state index is 0.353. The van der Waals surface area contributed by atoms with Crippen LogP contribution in [0.1, 0.15) is 6.92 Å². The third kappa shape index (κ3) is 0.490. The second-order valence-electron chi connectivity index (χ2n) is 1.01. The van der Waals surface area contributed by atoms with E-state index in [1.54, 1.807) is 6.92 Å². The molecule has 1 aliphatic heterocycles. The first kappa shape index (κ1) is 3.61. The van der Waals surface area contributed by atoms with Crippen LogP contribution >= 0.6 is 0 Å². The third-order valence-corrected chi connectivity index (χ3v) is 0.519. The molecule has 0 saturated carbocycles. The van der Waals surface area contributed by atoms with Gasteiger partial charge in [-0.25, -0.2) is 4.99 Å². The molecule has 0 N–H and O–H groups in total. The van der Waals surface area contributed by atoms with Crippen molar-refractivity contribution in [3.63, 3.8) is 0 Å². The summed E-state index contributed by atoms with van der Waals surface area (Å²) in [6.45, 7) is 2.10. The van der Waals surface area contributed by atoms with Gasteiger partial charge < -0.3 is 4.89 Å². The van der Waals surface area contributed by atoms with Crippen LogP contribution in [0.3, 0.4) is 0 Å². The van der Waals surface area contributed by atoms with Crippen molar-refractivity contribution >= 4 is 5.90 Å². The SMILES string of the molecule is CC1=NCOO1. The fourth-order valence-corrected chi connectivity index (χ4v) is 0.255. The molecule has 0 aromatic rings. The van der Waals surface area contributed by atoms with E-state index in [0.29, 0.717) is 12.6 Å². The van der Waals surface area contributed by atoms with Crippen molar-refractivity contribution < 1.29 is 9.78 Å². The van der Waals surface area contributed by atoms with E-state index in [9.17, 15) is 0 Å². The molecule has 0 fully saturated rings. The molecule has 0 unspecified atom stereocenters. The lowest BCUT2D eigenvalue weighted by molar-refractivity contribution is -0.200. The monoisotopic (exact) mass is 87.0 g/mol. The Morgan fingerprint density at radius 3 is 2.83 bits per heavy atom. The van der Waals surface area contributed by atoms with Crippen LogP contribution < -0.4 is 0 Å². The molecule has 6 heavy (non-hydrogen) atoms. The van der Waals surface area contributed by atoms with E-state index in [4.69, 9.17) is 0 Å². The second kappa shape index (κ2) is 1.26. The Labute approximate surface area is 35.5 Å². The molecule has 0 spiro atoms. The zero-order valence-electron chi connectivity index (χ0n) is 3.47. The van der Waals surface area contributed by atoms with Gasteiger partial charge in [0.05, 0.1) is 0 Å². The maximum atomic E-state index is 4.40. The smallest absolute Gasteiger partial charge is 0.227 e. The molecule has 3 heteroatoms. The summed E-state index contributed by atoms with van der Waals surface area (Å²) in [5, 5.41) is 0. The van der Waals surface area contributed by atoms with Crippen LogP contribution in [0.2, 0.25) is 0 Å². The molecule has 0 atom stereocenters. The first-order valence-corrected chi connectivity index (χ1v) is 1.70. The average Bonchev–Trinajstić information content (AvgIpc) is 1.86. The number of nitrogens with zero attached hydrogens (tertiary/aromatic N) is 1. The third-order valence-electron chi connectivity index (χ3n) is 0.519. The fourth-order valence-electron chi connectivity index (χ4n) is 0.255. The van der Waals surface area contributed by atoms with Crippen molar-refractivity contribution in [3.05, 3.63) is 0 Å². The molecule has 1 rings (SSSR count). The summed E-state index contributed by atoms with van der Waals surface area (Å²) < 4.78 is 0. The van der Waals surface area contributed by atoms with E-state index in [0.717, 1.165) is 0 Å². The summed E-state index contributed by atoms with van der Waals surface area (Å²) in [4.78, 5) is 12.5. The largest absolute Gasteiger partial charge is 0.320 e. The van der Waals surface area contributed by atoms with Gasteiger partial charge >= 0.3 is 0 Å². The number of rotatable bonds is 0. The van der Waals surface area contributed by atoms with E-state index < -0.39 is 0 Å². The number of hydrogen-bond donors (Lipinski definition) is 0. The summed E-state index contributed by atoms with van der Waals surface area (Å²) in [5.41, 5.74) is 0. The number of hydrogen-bond acceptors (Lipinski definition) is 3. The molecule has 0 bridgehead atoms. The highest BCUT2D eigenvalue weighted by atomic mass is 17.2. The maximum absolute atomic E-state index is 4.40. The van der Waals surface area contributed by atoms with Gasteiger partial charge in [-0.15, -0.1) is 0 Å². The first-order valence-electron chi connectivity index (χ1n) is 1.70. The van der Waals surface area contributed by atoms with Crippen molar-refractivity contribution in [1.82, 2.24) is 0 Å². The van der Waals surface area contributed by atoms with Crippen molar-refractivity contribution in [2.24, 2.45) is 4.99 Å². The van der Waals surface area contributed by atoms with Crippen LogP contribution in [0, 0.1) is 0 Å². The fraction of sp³-hybridized carbons (Fsp3) is 0.667. The van der Waals surface area contributed by atoms with Crippen LogP contribution in [-0.2, 0) is 9.78 Å². The minimum absolute atomic E-state index is 0.353. The topological polar surface area (TPSA) is 30.8 Å². The second-order valence-corrected chi connectivity index (χ2v) is 1.01. The number of aliphatic imine (C=N–C) groups is 1. The van der Waals surface area contributed by atoms with Crippen LogP contribution in [-0.4, -0.2) is 12.6 Å². The predicted molar refractivity (Wildman–Crippen MR) is 20.1 cm³/mol. The van der Waals surface area contributed by atoms with Crippen molar-refractivity contribution in [1.29, 1.82) is 0 Å². The Balaban J connectivity index is 2.45. The lowest BCUT2D eigenvalue weighted by atomic mass is 10.8. The van der Waals surface area contributed by atoms with Gasteiger partial charge in [-0.2, -0.15) is 4.89 Å². The van der Waals surface area contributed by atoms with Crippen LogP contribution in [0.25, 0.3) is 0 Å². The highest BCUT2D eigenvalue weighted by Crippen LogP contribution is 1.91. The van der Waals surface area contributed by atoms with Gasteiger partial charge in [-0.1, -0.05) is 0 Å². The Kier molecular flexibility index (Phi) is 0.759. The molecule has 1 heterocycles. The Bertz CT molecular complexity index is 78.9. The summed E-state index contributed by atoms with van der Waals surface area (Å²) in [7, 11) is 0. The predicted octanol–water partition coefficient (Wildman–Crippen LogP) is 0.324. The van der Waals surface area contributed by atoms with Crippen LogP contribution in [0.4, 0.5) is 0 Å². The van der Waals surface area contributed by atoms with E-state index in [-0.39, 0.29) is 0 Å². The molecular weight excluding hydrogens is 82.0 g/mol. The van der Waals surface area contributed by atoms with Crippen LogP contribution in [0.15, 0.2) is 4.99 Å². The van der Waals surface area contributed by atoms with Gasteiger partial charge in [-0.3, -0.25) is 0 Å². The van der Waals surface area contributed by atoms with Crippen molar-refractivity contribution in [2.75, 3.05) is 6.73 Å². The summed E-state index contributed by atoms with van der Waals surface area (Å²) in [6, 6.07) is 0. The van der Waals surface area contributed by atoms with Crippen molar-refractivity contribution in [2.45, 2.75) is 6.92 Å². The Morgan fingerprint density at radius 2 is 2.67 bits per heavy atom. The minimum Gasteiger partial charge on any atom is -0.320 e. The molecule has 0 aromatic heterocycles. The Morgan fingerprint density at radius 1 is 1.83 bits per heavy atom. The molecule has 0 saturated heterocycles. The van der Waals surface area contributed by atoms with Gasteiger partial charge in [0.1, 0.15) is 0 Å². The molecular formula is C3H5NO2. The highest BCUT2D eigenvalue weighted by Gasteiger charge is 1.97. The maximum Gasteiger partial charge on any atom is 0.227 e. The molecule has 0 aromatic carbocycles. The zero-order chi connectivity index (χ0) is 4.41. The van der Waals surface area contributed by atoms with E-state index in [1.165, 1.54) is 0 Å². The molecule has 0 aliphatic carbocycles. The van der Waals surface area contributed by atoms with E-state index in [2.05, 4.69) is 14.8 Å². The van der Waals surface area contributed by atoms with Gasteiger partial charge in [0.2, 0.25) is 5.90 Å². The average molecular weight is 87.1 g/mol. The van der Waals surface area contributed by atoms with Gasteiger partial charge in [0.15, 0.2) is 6.73 Å². The zero-order valence-corrected chi connectivity index (χ0v) is 3.47. The van der Waals surface area contributed by atoms with Crippen molar-refractivity contribution in [3.8, 4) is 0 Å². The normalized spacial score (nSPS) is 19.8. The molecule has 0 amide bonds. The molecule has 3 nitrogen and oxygen atoms in total. The van der Waals surface area contributed by atoms with Gasteiger partial charge in [0, 0.05) is 6.92 Å².